The van der Waals surface area contributed by atoms with E-state index < -0.39 is 0 Å². The van der Waals surface area contributed by atoms with Gasteiger partial charge in [0.15, 0.2) is 0 Å². The van der Waals surface area contributed by atoms with Crippen molar-refractivity contribution in [2.24, 2.45) is 11.8 Å². The Morgan fingerprint density at radius 2 is 1.67 bits per heavy atom. The van der Waals surface area contributed by atoms with Gasteiger partial charge in [0.1, 0.15) is 0 Å². The molecule has 2 nitrogen and oxygen atoms in total. The van der Waals surface area contributed by atoms with Gasteiger partial charge in [0, 0.05) is 18.4 Å². The van der Waals surface area contributed by atoms with Gasteiger partial charge in [-0.3, -0.25) is 0 Å². The molecule has 1 aromatic rings. The van der Waals surface area contributed by atoms with E-state index >= 15 is 0 Å². The van der Waals surface area contributed by atoms with Crippen molar-refractivity contribution in [2.75, 3.05) is 0 Å². The molecule has 2 unspecified atom stereocenters. The smallest absolute Gasteiger partial charge is 0.0948 e. The first kappa shape index (κ1) is 16.6. The van der Waals surface area contributed by atoms with E-state index in [0.717, 1.165) is 11.8 Å². The van der Waals surface area contributed by atoms with E-state index in [0.29, 0.717) is 6.04 Å². The quantitative estimate of drug-likeness (QED) is 0.650. The summed E-state index contributed by atoms with van der Waals surface area (Å²) in [6, 6.07) is 0.651. The van der Waals surface area contributed by atoms with Crippen LogP contribution in [0.15, 0.2) is 18.7 Å². The van der Waals surface area contributed by atoms with Crippen LogP contribution in [0, 0.1) is 11.8 Å². The summed E-state index contributed by atoms with van der Waals surface area (Å²) in [6.45, 7) is 4.72. The molecule has 21 heavy (non-hydrogen) atoms. The van der Waals surface area contributed by atoms with Gasteiger partial charge in [-0.05, 0) is 24.7 Å². The zero-order chi connectivity index (χ0) is 14.9. The third-order valence-electron chi connectivity index (χ3n) is 5.52. The average Bonchev–Trinajstić information content (AvgIpc) is 3.29. The van der Waals surface area contributed by atoms with Crippen molar-refractivity contribution in [3.63, 3.8) is 0 Å². The number of nitrogens with zero attached hydrogens (tertiary/aromatic N) is 2. The molecule has 1 heterocycles. The topological polar surface area (TPSA) is 17.8 Å². The SMILES string of the molecule is C1CCCC1.CCC(CC(C)C1CCCC1)n1ccnc1. The number of hydrogen-bond acceptors (Lipinski definition) is 1. The Kier molecular flexibility index (Phi) is 7.32. The lowest BCUT2D eigenvalue weighted by atomic mass is 9.86. The summed E-state index contributed by atoms with van der Waals surface area (Å²) in [4.78, 5) is 4.16. The molecule has 0 aromatic carbocycles. The van der Waals surface area contributed by atoms with Crippen molar-refractivity contribution >= 4 is 0 Å². The minimum Gasteiger partial charge on any atom is -0.334 e. The molecule has 120 valence electrons. The predicted molar refractivity (Wildman–Crippen MR) is 90.4 cm³/mol. The van der Waals surface area contributed by atoms with Gasteiger partial charge in [0.05, 0.1) is 6.33 Å². The molecule has 2 heteroatoms. The second-order valence-corrected chi connectivity index (χ2v) is 7.10. The zero-order valence-electron chi connectivity index (χ0n) is 14.1. The van der Waals surface area contributed by atoms with Crippen molar-refractivity contribution in [1.82, 2.24) is 9.55 Å². The minimum absolute atomic E-state index is 0.651. The molecular weight excluding hydrogens is 256 g/mol. The fourth-order valence-corrected chi connectivity index (χ4v) is 4.02. The summed E-state index contributed by atoms with van der Waals surface area (Å²) in [7, 11) is 0. The van der Waals surface area contributed by atoms with Crippen molar-refractivity contribution in [3.05, 3.63) is 18.7 Å². The van der Waals surface area contributed by atoms with Gasteiger partial charge >= 0.3 is 0 Å². The Hall–Kier alpha value is -0.790. The van der Waals surface area contributed by atoms with Crippen LogP contribution in [0.4, 0.5) is 0 Å². The lowest BCUT2D eigenvalue weighted by Gasteiger charge is -2.25. The van der Waals surface area contributed by atoms with Gasteiger partial charge < -0.3 is 4.57 Å². The number of hydrogen-bond donors (Lipinski definition) is 0. The van der Waals surface area contributed by atoms with E-state index in [-0.39, 0.29) is 0 Å². The molecule has 0 spiro atoms. The maximum absolute atomic E-state index is 4.16. The van der Waals surface area contributed by atoms with Crippen LogP contribution in [0.2, 0.25) is 0 Å². The molecule has 0 radical (unpaired) electrons. The average molecular weight is 290 g/mol. The number of aromatic nitrogens is 2. The summed E-state index contributed by atoms with van der Waals surface area (Å²) in [5.74, 6) is 1.85. The predicted octanol–water partition coefficient (Wildman–Crippen LogP) is 6.00. The Morgan fingerprint density at radius 1 is 1.05 bits per heavy atom. The Morgan fingerprint density at radius 3 is 2.14 bits per heavy atom. The van der Waals surface area contributed by atoms with Crippen LogP contribution in [0.3, 0.4) is 0 Å². The van der Waals surface area contributed by atoms with Crippen molar-refractivity contribution in [2.45, 2.75) is 90.5 Å². The molecule has 2 saturated carbocycles. The monoisotopic (exact) mass is 290 g/mol. The van der Waals surface area contributed by atoms with E-state index in [1.165, 1.54) is 70.6 Å². The third-order valence-corrected chi connectivity index (χ3v) is 5.52. The van der Waals surface area contributed by atoms with Crippen LogP contribution in [0.5, 0.6) is 0 Å². The van der Waals surface area contributed by atoms with Crippen LogP contribution >= 0.6 is 0 Å². The maximum atomic E-state index is 4.16. The Labute approximate surface area is 131 Å². The molecule has 1 aromatic heterocycles. The maximum Gasteiger partial charge on any atom is 0.0948 e. The van der Waals surface area contributed by atoms with E-state index in [1.54, 1.807) is 0 Å². The molecule has 0 saturated heterocycles. The first-order chi connectivity index (χ1) is 10.3. The molecule has 0 bridgehead atoms. The molecule has 0 aliphatic heterocycles. The van der Waals surface area contributed by atoms with Gasteiger partial charge in [-0.2, -0.15) is 0 Å². The molecule has 0 amide bonds. The van der Waals surface area contributed by atoms with Crippen molar-refractivity contribution in [3.8, 4) is 0 Å². The summed E-state index contributed by atoms with van der Waals surface area (Å²) in [6.07, 6.45) is 21.8. The summed E-state index contributed by atoms with van der Waals surface area (Å²) in [5, 5.41) is 0. The lowest BCUT2D eigenvalue weighted by Crippen LogP contribution is -2.15. The van der Waals surface area contributed by atoms with Gasteiger partial charge in [-0.15, -0.1) is 0 Å². The lowest BCUT2D eigenvalue weighted by molar-refractivity contribution is 0.284. The Bertz CT molecular complexity index is 340. The summed E-state index contributed by atoms with van der Waals surface area (Å²) < 4.78 is 2.28. The van der Waals surface area contributed by atoms with E-state index in [4.69, 9.17) is 0 Å². The van der Waals surface area contributed by atoms with E-state index in [2.05, 4.69) is 29.6 Å². The van der Waals surface area contributed by atoms with Crippen molar-refractivity contribution in [1.29, 1.82) is 0 Å². The first-order valence-electron chi connectivity index (χ1n) is 9.28. The first-order valence-corrected chi connectivity index (χ1v) is 9.28. The highest BCUT2D eigenvalue weighted by Crippen LogP contribution is 2.35. The van der Waals surface area contributed by atoms with Crippen LogP contribution in [-0.4, -0.2) is 9.55 Å². The minimum atomic E-state index is 0.651. The largest absolute Gasteiger partial charge is 0.334 e. The molecule has 2 aliphatic carbocycles. The molecule has 3 rings (SSSR count). The Balaban J connectivity index is 0.000000272. The normalized spacial score (nSPS) is 21.8. The van der Waals surface area contributed by atoms with Crippen LogP contribution in [0.1, 0.15) is 90.5 Å². The van der Waals surface area contributed by atoms with Crippen molar-refractivity contribution < 1.29 is 0 Å². The van der Waals surface area contributed by atoms with Gasteiger partial charge in [-0.1, -0.05) is 71.6 Å². The summed E-state index contributed by atoms with van der Waals surface area (Å²) in [5.41, 5.74) is 0. The number of rotatable bonds is 5. The second kappa shape index (κ2) is 9.27. The third kappa shape index (κ3) is 5.48. The molecule has 2 aliphatic rings. The van der Waals surface area contributed by atoms with Gasteiger partial charge in [-0.25, -0.2) is 4.98 Å². The van der Waals surface area contributed by atoms with Crippen LogP contribution < -0.4 is 0 Å². The highest BCUT2D eigenvalue weighted by Gasteiger charge is 2.24. The molecule has 2 fully saturated rings. The van der Waals surface area contributed by atoms with Crippen LogP contribution in [0.25, 0.3) is 0 Å². The van der Waals surface area contributed by atoms with Gasteiger partial charge in [0.25, 0.3) is 0 Å². The zero-order valence-corrected chi connectivity index (χ0v) is 14.1. The van der Waals surface area contributed by atoms with Crippen LogP contribution in [-0.2, 0) is 0 Å². The molecule has 0 N–H and O–H groups in total. The second-order valence-electron chi connectivity index (χ2n) is 7.10. The molecule has 2 atom stereocenters. The van der Waals surface area contributed by atoms with Gasteiger partial charge in [0.2, 0.25) is 0 Å². The number of imidazole rings is 1. The molecular formula is C19H34N2. The fourth-order valence-electron chi connectivity index (χ4n) is 4.02. The summed E-state index contributed by atoms with van der Waals surface area (Å²) >= 11 is 0. The highest BCUT2D eigenvalue weighted by molar-refractivity contribution is 4.83. The van der Waals surface area contributed by atoms with E-state index in [1.807, 2.05) is 12.5 Å². The van der Waals surface area contributed by atoms with E-state index in [9.17, 15) is 0 Å². The standard InChI is InChI=1S/C14H24N2.C5H10/c1-3-14(16-9-8-15-11-16)10-12(2)13-6-4-5-7-13;1-2-4-5-3-1/h8-9,11-14H,3-7,10H2,1-2H3;1-5H2. The highest BCUT2D eigenvalue weighted by atomic mass is 15.0. The fraction of sp³-hybridized carbons (Fsp3) is 0.842.